The number of ether oxygens (including phenoxy) is 1. The molecule has 1 saturated heterocycles. The Bertz CT molecular complexity index is 971. The van der Waals surface area contributed by atoms with Gasteiger partial charge in [0.25, 0.3) is 0 Å². The highest BCUT2D eigenvalue weighted by molar-refractivity contribution is 7.89. The first-order valence-corrected chi connectivity index (χ1v) is 11.7. The summed E-state index contributed by atoms with van der Waals surface area (Å²) in [5.41, 5.74) is 0.377. The number of rotatable bonds is 7. The molecule has 0 radical (unpaired) electrons. The van der Waals surface area contributed by atoms with E-state index in [1.807, 2.05) is 11.8 Å². The molecule has 1 heterocycles. The highest BCUT2D eigenvalue weighted by Crippen LogP contribution is 2.29. The molecule has 0 unspecified atom stereocenters. The number of nitrogens with one attached hydrogen (secondary N) is 1. The molecule has 30 heavy (non-hydrogen) atoms. The zero-order valence-electron chi connectivity index (χ0n) is 16.5. The Morgan fingerprint density at radius 2 is 1.63 bits per heavy atom. The summed E-state index contributed by atoms with van der Waals surface area (Å²) in [7, 11) is -3.59. The van der Waals surface area contributed by atoms with E-state index in [2.05, 4.69) is 5.32 Å². The van der Waals surface area contributed by atoms with E-state index in [-0.39, 0.29) is 17.3 Å². The molecule has 2 aromatic carbocycles. The van der Waals surface area contributed by atoms with Gasteiger partial charge in [-0.05, 0) is 43.3 Å². The lowest BCUT2D eigenvalue weighted by molar-refractivity contribution is -0.117. The first-order chi connectivity index (χ1) is 14.3. The standard InChI is InChI=1S/C20H23Cl2N3O4S/c1-2-29-15-6-8-16(9-7-15)30(27,28)25-12-10-24(11-13-25)14-19(26)23-20-17(21)4-3-5-18(20)22/h3-9H,2,10-14H2,1H3,(H,23,26). The molecule has 0 aliphatic carbocycles. The summed E-state index contributed by atoms with van der Waals surface area (Å²) in [6, 6.07) is 11.4. The molecule has 0 aromatic heterocycles. The summed E-state index contributed by atoms with van der Waals surface area (Å²) < 4.78 is 32.5. The van der Waals surface area contributed by atoms with Crippen LogP contribution in [-0.4, -0.2) is 62.9 Å². The van der Waals surface area contributed by atoms with Gasteiger partial charge in [-0.3, -0.25) is 9.69 Å². The number of anilines is 1. The average molecular weight is 472 g/mol. The van der Waals surface area contributed by atoms with Crippen LogP contribution in [0.3, 0.4) is 0 Å². The summed E-state index contributed by atoms with van der Waals surface area (Å²) in [5, 5.41) is 3.45. The molecule has 2 aromatic rings. The van der Waals surface area contributed by atoms with Crippen molar-refractivity contribution in [3.63, 3.8) is 0 Å². The van der Waals surface area contributed by atoms with Crippen LogP contribution in [0, 0.1) is 0 Å². The minimum absolute atomic E-state index is 0.124. The molecule has 0 saturated carbocycles. The Kier molecular flexibility index (Phi) is 7.60. The topological polar surface area (TPSA) is 79.0 Å². The highest BCUT2D eigenvalue weighted by atomic mass is 35.5. The molecule has 0 atom stereocenters. The third kappa shape index (κ3) is 5.44. The number of nitrogens with zero attached hydrogens (tertiary/aromatic N) is 2. The van der Waals surface area contributed by atoms with E-state index in [1.165, 1.54) is 4.31 Å². The molecule has 0 spiro atoms. The van der Waals surface area contributed by atoms with Crippen molar-refractivity contribution in [2.24, 2.45) is 0 Å². The molecule has 0 bridgehead atoms. The molecule has 1 amide bonds. The van der Waals surface area contributed by atoms with Crippen molar-refractivity contribution in [1.82, 2.24) is 9.21 Å². The summed E-state index contributed by atoms with van der Waals surface area (Å²) in [6.45, 7) is 4.00. The third-order valence-corrected chi connectivity index (χ3v) is 7.24. The van der Waals surface area contributed by atoms with Gasteiger partial charge in [0.05, 0.1) is 33.8 Å². The van der Waals surface area contributed by atoms with Crippen LogP contribution in [0.25, 0.3) is 0 Å². The number of carbonyl (C=O) groups excluding carboxylic acids is 1. The van der Waals surface area contributed by atoms with Crippen LogP contribution >= 0.6 is 23.2 Å². The van der Waals surface area contributed by atoms with E-state index in [0.29, 0.717) is 54.3 Å². The van der Waals surface area contributed by atoms with E-state index in [4.69, 9.17) is 27.9 Å². The largest absolute Gasteiger partial charge is 0.494 e. The minimum Gasteiger partial charge on any atom is -0.494 e. The van der Waals surface area contributed by atoms with E-state index >= 15 is 0 Å². The van der Waals surface area contributed by atoms with Gasteiger partial charge in [0.15, 0.2) is 0 Å². The molecule has 1 aliphatic rings. The van der Waals surface area contributed by atoms with Gasteiger partial charge in [0.2, 0.25) is 15.9 Å². The van der Waals surface area contributed by atoms with Crippen LogP contribution in [0.1, 0.15) is 6.92 Å². The number of hydrogen-bond acceptors (Lipinski definition) is 5. The fourth-order valence-electron chi connectivity index (χ4n) is 3.15. The Morgan fingerprint density at radius 1 is 1.03 bits per heavy atom. The molecular weight excluding hydrogens is 449 g/mol. The fraction of sp³-hybridized carbons (Fsp3) is 0.350. The van der Waals surface area contributed by atoms with Gasteiger partial charge < -0.3 is 10.1 Å². The minimum atomic E-state index is -3.59. The molecule has 1 N–H and O–H groups in total. The van der Waals surface area contributed by atoms with Crippen molar-refractivity contribution in [2.45, 2.75) is 11.8 Å². The maximum atomic E-state index is 12.9. The van der Waals surface area contributed by atoms with Crippen molar-refractivity contribution < 1.29 is 17.9 Å². The molecule has 7 nitrogen and oxygen atoms in total. The number of benzene rings is 2. The van der Waals surface area contributed by atoms with Crippen LogP contribution in [0.2, 0.25) is 10.0 Å². The number of sulfonamides is 1. The van der Waals surface area contributed by atoms with Crippen molar-refractivity contribution in [2.75, 3.05) is 44.6 Å². The zero-order valence-corrected chi connectivity index (χ0v) is 18.8. The summed E-state index contributed by atoms with van der Waals surface area (Å²) in [4.78, 5) is 14.5. The fourth-order valence-corrected chi connectivity index (χ4v) is 5.06. The first kappa shape index (κ1) is 22.8. The van der Waals surface area contributed by atoms with Crippen LogP contribution < -0.4 is 10.1 Å². The van der Waals surface area contributed by atoms with Gasteiger partial charge in [-0.2, -0.15) is 4.31 Å². The quantitative estimate of drug-likeness (QED) is 0.669. The lowest BCUT2D eigenvalue weighted by Crippen LogP contribution is -2.50. The number of amides is 1. The monoisotopic (exact) mass is 471 g/mol. The maximum Gasteiger partial charge on any atom is 0.243 e. The molecular formula is C20H23Cl2N3O4S. The molecule has 162 valence electrons. The molecule has 1 aliphatic heterocycles. The average Bonchev–Trinajstić information content (AvgIpc) is 2.72. The smallest absolute Gasteiger partial charge is 0.243 e. The van der Waals surface area contributed by atoms with Crippen molar-refractivity contribution >= 4 is 44.8 Å². The van der Waals surface area contributed by atoms with E-state index < -0.39 is 10.0 Å². The molecule has 10 heteroatoms. The number of carbonyl (C=O) groups is 1. The highest BCUT2D eigenvalue weighted by Gasteiger charge is 2.29. The van der Waals surface area contributed by atoms with Gasteiger partial charge in [0, 0.05) is 26.2 Å². The van der Waals surface area contributed by atoms with Gasteiger partial charge >= 0.3 is 0 Å². The second kappa shape index (κ2) is 9.98. The van der Waals surface area contributed by atoms with Crippen LogP contribution in [-0.2, 0) is 14.8 Å². The van der Waals surface area contributed by atoms with Gasteiger partial charge in [-0.1, -0.05) is 29.3 Å². The van der Waals surface area contributed by atoms with E-state index in [0.717, 1.165) is 0 Å². The van der Waals surface area contributed by atoms with Crippen molar-refractivity contribution in [3.8, 4) is 5.75 Å². The number of para-hydroxylation sites is 1. The zero-order chi connectivity index (χ0) is 21.7. The Balaban J connectivity index is 1.55. The summed E-state index contributed by atoms with van der Waals surface area (Å²) in [5.74, 6) is 0.374. The van der Waals surface area contributed by atoms with Crippen LogP contribution in [0.5, 0.6) is 5.75 Å². The lowest BCUT2D eigenvalue weighted by Gasteiger charge is -2.33. The second-order valence-corrected chi connectivity index (χ2v) is 9.48. The predicted molar refractivity (Wildman–Crippen MR) is 118 cm³/mol. The van der Waals surface area contributed by atoms with Crippen LogP contribution in [0.4, 0.5) is 5.69 Å². The Labute approximate surface area is 186 Å². The molecule has 1 fully saturated rings. The first-order valence-electron chi connectivity index (χ1n) is 9.50. The van der Waals surface area contributed by atoms with E-state index in [1.54, 1.807) is 42.5 Å². The second-order valence-electron chi connectivity index (χ2n) is 6.73. The van der Waals surface area contributed by atoms with Gasteiger partial charge in [-0.15, -0.1) is 0 Å². The SMILES string of the molecule is CCOc1ccc(S(=O)(=O)N2CCN(CC(=O)Nc3c(Cl)cccc3Cl)CC2)cc1. The Hall–Kier alpha value is -1.84. The van der Waals surface area contributed by atoms with Crippen molar-refractivity contribution in [1.29, 1.82) is 0 Å². The van der Waals surface area contributed by atoms with Gasteiger partial charge in [-0.25, -0.2) is 8.42 Å². The molecule has 3 rings (SSSR count). The van der Waals surface area contributed by atoms with Crippen LogP contribution in [0.15, 0.2) is 47.4 Å². The lowest BCUT2D eigenvalue weighted by atomic mass is 10.3. The summed E-state index contributed by atoms with van der Waals surface area (Å²) >= 11 is 12.2. The van der Waals surface area contributed by atoms with E-state index in [9.17, 15) is 13.2 Å². The third-order valence-electron chi connectivity index (χ3n) is 4.70. The van der Waals surface area contributed by atoms with Gasteiger partial charge in [0.1, 0.15) is 5.75 Å². The number of hydrogen-bond donors (Lipinski definition) is 1. The Morgan fingerprint density at radius 3 is 2.20 bits per heavy atom. The normalized spacial score (nSPS) is 15.7. The number of halogens is 2. The van der Waals surface area contributed by atoms with Crippen molar-refractivity contribution in [3.05, 3.63) is 52.5 Å². The summed E-state index contributed by atoms with van der Waals surface area (Å²) in [6.07, 6.45) is 0. The predicted octanol–water partition coefficient (Wildman–Crippen LogP) is 3.34. The maximum absolute atomic E-state index is 12.9. The number of piperazine rings is 1.